The summed E-state index contributed by atoms with van der Waals surface area (Å²) >= 11 is 6.06. The van der Waals surface area contributed by atoms with Crippen molar-refractivity contribution in [2.24, 2.45) is 0 Å². The van der Waals surface area contributed by atoms with Gasteiger partial charge in [-0.15, -0.1) is 0 Å². The number of carbonyl (C=O) groups excluding carboxylic acids is 1. The summed E-state index contributed by atoms with van der Waals surface area (Å²) in [4.78, 5) is 14.5. The van der Waals surface area contributed by atoms with Gasteiger partial charge in [0.05, 0.1) is 10.7 Å². The molecule has 6 nitrogen and oxygen atoms in total. The molecule has 0 aromatic heterocycles. The summed E-state index contributed by atoms with van der Waals surface area (Å²) in [5.41, 5.74) is 6.40. The van der Waals surface area contributed by atoms with Gasteiger partial charge in [0.15, 0.2) is 11.5 Å². The molecule has 120 valence electrons. The van der Waals surface area contributed by atoms with Crippen LogP contribution in [0.3, 0.4) is 0 Å². The van der Waals surface area contributed by atoms with E-state index < -0.39 is 5.97 Å². The van der Waals surface area contributed by atoms with E-state index in [2.05, 4.69) is 4.90 Å². The first-order chi connectivity index (χ1) is 10.7. The fraction of sp³-hybridized carbons (Fsp3) is 0.533. The second-order valence-electron chi connectivity index (χ2n) is 5.41. The Bertz CT molecular complexity index is 573. The molecule has 2 aliphatic rings. The van der Waals surface area contributed by atoms with E-state index in [9.17, 15) is 4.79 Å². The number of halogens is 1. The van der Waals surface area contributed by atoms with Gasteiger partial charge in [-0.3, -0.25) is 4.90 Å². The third-order valence-electron chi connectivity index (χ3n) is 3.85. The van der Waals surface area contributed by atoms with E-state index in [0.717, 1.165) is 25.9 Å². The Hall–Kier alpha value is -1.66. The molecule has 2 N–H and O–H groups in total. The van der Waals surface area contributed by atoms with Gasteiger partial charge >= 0.3 is 5.97 Å². The van der Waals surface area contributed by atoms with Crippen LogP contribution in [0.1, 0.15) is 29.6 Å². The quantitative estimate of drug-likeness (QED) is 0.678. The van der Waals surface area contributed by atoms with E-state index in [-0.39, 0.29) is 23.0 Å². The van der Waals surface area contributed by atoms with Crippen LogP contribution in [0.4, 0.5) is 5.69 Å². The van der Waals surface area contributed by atoms with Gasteiger partial charge in [0.25, 0.3) is 0 Å². The van der Waals surface area contributed by atoms with Crippen molar-refractivity contribution in [3.05, 3.63) is 16.7 Å². The molecule has 3 rings (SSSR count). The molecule has 0 radical (unpaired) electrons. The molecule has 0 unspecified atom stereocenters. The Morgan fingerprint density at radius 2 is 1.91 bits per heavy atom. The third kappa shape index (κ3) is 3.08. The number of hydrogen-bond donors (Lipinski definition) is 1. The highest BCUT2D eigenvalue weighted by Gasteiger charge is 2.26. The van der Waals surface area contributed by atoms with Gasteiger partial charge < -0.3 is 19.9 Å². The zero-order valence-corrected chi connectivity index (χ0v) is 13.0. The lowest BCUT2D eigenvalue weighted by molar-refractivity contribution is 0.0165. The van der Waals surface area contributed by atoms with Crippen LogP contribution in [0, 0.1) is 0 Å². The van der Waals surface area contributed by atoms with Crippen molar-refractivity contribution in [2.45, 2.75) is 19.3 Å². The number of hydrogen-bond acceptors (Lipinski definition) is 6. The minimum absolute atomic E-state index is 0.255. The SMILES string of the molecule is Nc1c(Cl)cc(C(=O)OCN2CCCCC2)c2c1OCCO2. The summed E-state index contributed by atoms with van der Waals surface area (Å²) in [7, 11) is 0. The summed E-state index contributed by atoms with van der Waals surface area (Å²) in [6, 6.07) is 1.48. The van der Waals surface area contributed by atoms with Gasteiger partial charge in [-0.05, 0) is 18.9 Å². The molecule has 0 saturated carbocycles. The fourth-order valence-corrected chi connectivity index (χ4v) is 2.86. The highest BCUT2D eigenvalue weighted by Crippen LogP contribution is 2.43. The number of carbonyl (C=O) groups is 1. The Morgan fingerprint density at radius 1 is 1.23 bits per heavy atom. The van der Waals surface area contributed by atoms with Gasteiger partial charge in [-0.25, -0.2) is 4.79 Å². The van der Waals surface area contributed by atoms with Crippen LogP contribution in [-0.2, 0) is 4.74 Å². The fourth-order valence-electron chi connectivity index (χ4n) is 2.66. The van der Waals surface area contributed by atoms with Crippen molar-refractivity contribution in [3.63, 3.8) is 0 Å². The lowest BCUT2D eigenvalue weighted by Gasteiger charge is -2.26. The number of ether oxygens (including phenoxy) is 3. The number of likely N-dealkylation sites (tertiary alicyclic amines) is 1. The van der Waals surface area contributed by atoms with Gasteiger partial charge in [0.1, 0.15) is 25.5 Å². The minimum atomic E-state index is -0.478. The molecule has 0 amide bonds. The molecular formula is C15H19ClN2O4. The van der Waals surface area contributed by atoms with Gasteiger partial charge in [-0.1, -0.05) is 18.0 Å². The molecule has 22 heavy (non-hydrogen) atoms. The zero-order valence-electron chi connectivity index (χ0n) is 12.3. The van der Waals surface area contributed by atoms with Crippen LogP contribution in [0.25, 0.3) is 0 Å². The summed E-state index contributed by atoms with van der Waals surface area (Å²) < 4.78 is 16.4. The maximum atomic E-state index is 12.3. The van der Waals surface area contributed by atoms with Crippen LogP contribution in [0.15, 0.2) is 6.07 Å². The smallest absolute Gasteiger partial charge is 0.343 e. The molecule has 1 saturated heterocycles. The van der Waals surface area contributed by atoms with Crippen molar-refractivity contribution in [1.82, 2.24) is 4.90 Å². The van der Waals surface area contributed by atoms with Gasteiger partial charge in [0, 0.05) is 13.1 Å². The molecule has 2 heterocycles. The monoisotopic (exact) mass is 326 g/mol. The summed E-state index contributed by atoms with van der Waals surface area (Å²) in [5, 5.41) is 0.258. The standard InChI is InChI=1S/C15H19ClN2O4/c16-11-8-10(13-14(12(11)17)21-7-6-20-13)15(19)22-9-18-4-2-1-3-5-18/h8H,1-7,9,17H2. The van der Waals surface area contributed by atoms with Crippen LogP contribution in [-0.4, -0.2) is 43.9 Å². The van der Waals surface area contributed by atoms with Crippen LogP contribution in [0.5, 0.6) is 11.5 Å². The average Bonchev–Trinajstić information content (AvgIpc) is 2.57. The number of nitrogens with zero attached hydrogens (tertiary/aromatic N) is 1. The van der Waals surface area contributed by atoms with E-state index >= 15 is 0 Å². The van der Waals surface area contributed by atoms with Crippen molar-refractivity contribution < 1.29 is 19.0 Å². The summed E-state index contributed by atoms with van der Waals surface area (Å²) in [5.74, 6) is 0.162. The second kappa shape index (κ2) is 6.62. The Morgan fingerprint density at radius 3 is 2.64 bits per heavy atom. The highest BCUT2D eigenvalue weighted by molar-refractivity contribution is 6.34. The van der Waals surface area contributed by atoms with E-state index in [1.165, 1.54) is 12.5 Å². The minimum Gasteiger partial charge on any atom is -0.485 e. The predicted octanol–water partition coefficient (Wildman–Crippen LogP) is 2.29. The molecule has 1 fully saturated rings. The molecule has 1 aromatic rings. The predicted molar refractivity (Wildman–Crippen MR) is 82.6 cm³/mol. The average molecular weight is 327 g/mol. The summed E-state index contributed by atoms with van der Waals surface area (Å²) in [6.45, 7) is 2.91. The van der Waals surface area contributed by atoms with Crippen molar-refractivity contribution >= 4 is 23.3 Å². The van der Waals surface area contributed by atoms with E-state index in [4.69, 9.17) is 31.5 Å². The number of anilines is 1. The van der Waals surface area contributed by atoms with Crippen LogP contribution >= 0.6 is 11.6 Å². The first-order valence-electron chi connectivity index (χ1n) is 7.44. The number of benzene rings is 1. The zero-order chi connectivity index (χ0) is 15.5. The molecule has 2 aliphatic heterocycles. The Balaban J connectivity index is 1.75. The summed E-state index contributed by atoms with van der Waals surface area (Å²) in [6.07, 6.45) is 3.51. The molecule has 0 aliphatic carbocycles. The van der Waals surface area contributed by atoms with Crippen molar-refractivity contribution in [1.29, 1.82) is 0 Å². The maximum Gasteiger partial charge on any atom is 0.343 e. The molecule has 0 spiro atoms. The molecule has 7 heteroatoms. The molecular weight excluding hydrogens is 308 g/mol. The lowest BCUT2D eigenvalue weighted by Crippen LogP contribution is -2.33. The number of fused-ring (bicyclic) bond motifs is 1. The van der Waals surface area contributed by atoms with Crippen LogP contribution < -0.4 is 15.2 Å². The van der Waals surface area contributed by atoms with Crippen LogP contribution in [0.2, 0.25) is 5.02 Å². The number of nitrogens with two attached hydrogens (primary N) is 1. The Kier molecular flexibility index (Phi) is 4.59. The number of nitrogen functional groups attached to an aromatic ring is 1. The first-order valence-corrected chi connectivity index (χ1v) is 7.81. The van der Waals surface area contributed by atoms with Crippen molar-refractivity contribution in [2.75, 3.05) is 38.8 Å². The largest absolute Gasteiger partial charge is 0.485 e. The molecule has 1 aromatic carbocycles. The normalized spacial score (nSPS) is 18.0. The van der Waals surface area contributed by atoms with Crippen molar-refractivity contribution in [3.8, 4) is 11.5 Å². The Labute approximate surface area is 134 Å². The number of rotatable bonds is 3. The van der Waals surface area contributed by atoms with Gasteiger partial charge in [0.2, 0.25) is 0 Å². The first kappa shape index (κ1) is 15.2. The topological polar surface area (TPSA) is 74.0 Å². The second-order valence-corrected chi connectivity index (χ2v) is 5.82. The van der Waals surface area contributed by atoms with E-state index in [0.29, 0.717) is 24.7 Å². The maximum absolute atomic E-state index is 12.3. The van der Waals surface area contributed by atoms with Gasteiger partial charge in [-0.2, -0.15) is 0 Å². The van der Waals surface area contributed by atoms with E-state index in [1.807, 2.05) is 0 Å². The third-order valence-corrected chi connectivity index (χ3v) is 4.16. The lowest BCUT2D eigenvalue weighted by atomic mass is 10.1. The van der Waals surface area contributed by atoms with E-state index in [1.54, 1.807) is 0 Å². The number of esters is 1. The number of piperidine rings is 1. The molecule has 0 atom stereocenters. The molecule has 0 bridgehead atoms. The highest BCUT2D eigenvalue weighted by atomic mass is 35.5.